The predicted octanol–water partition coefficient (Wildman–Crippen LogP) is 16.1. The van der Waals surface area contributed by atoms with Gasteiger partial charge >= 0.3 is 29.8 Å². The van der Waals surface area contributed by atoms with Gasteiger partial charge in [-0.25, -0.2) is 0 Å². The van der Waals surface area contributed by atoms with E-state index in [1.807, 2.05) is 106 Å². The van der Waals surface area contributed by atoms with E-state index in [9.17, 15) is 24.0 Å². The van der Waals surface area contributed by atoms with Crippen LogP contribution in [0.25, 0.3) is 0 Å². The molecule has 0 fully saturated rings. The smallest absolute Gasteiger partial charge is 0.319 e. The summed E-state index contributed by atoms with van der Waals surface area (Å²) in [5.74, 6) is -0.768. The van der Waals surface area contributed by atoms with Crippen LogP contribution in [0.5, 0.6) is 0 Å². The molecule has 95 heavy (non-hydrogen) atoms. The van der Waals surface area contributed by atoms with Gasteiger partial charge in [-0.05, 0) is 163 Å². The molecule has 0 amide bonds. The van der Waals surface area contributed by atoms with Crippen molar-refractivity contribution in [3.05, 3.63) is 0 Å². The average Bonchev–Trinajstić information content (AvgIpc) is 1.51. The van der Waals surface area contributed by atoms with Crippen molar-refractivity contribution in [3.63, 3.8) is 0 Å². The Bertz CT molecular complexity index is 1910. The van der Waals surface area contributed by atoms with Gasteiger partial charge < -0.3 is 89.6 Å². The Morgan fingerprint density at radius 3 is 0.958 bits per heavy atom. The Hall–Kier alpha value is -0.335. The largest absolute Gasteiger partial charge is 0.750 e. The Labute approximate surface area is 698 Å². The van der Waals surface area contributed by atoms with Crippen LogP contribution in [0.3, 0.4) is 0 Å². The SMILES string of the molecule is C.C.C.CC(C)(C#N)N=NC(C)(C)C#N.CC(C)C#N.CCC(=O)OC.CCC(=O)OC.CCOC(=S)SC.CCOC(=S)SC.CCOC(=S)SC(C)C(=O)OC.CCOC(=S)[S-].CCOC(SC)SC(C)C(=O)OC.CCOC([S-])SC.COC(=O)C(C)C.N#N.[Pm].[Pm]. The van der Waals surface area contributed by atoms with E-state index >= 15 is 0 Å². The Balaban J connectivity index is -0.0000000472. The Kier molecular flexibility index (Phi) is 155. The Morgan fingerprint density at radius 1 is 0.505 bits per heavy atom. The first-order chi connectivity index (χ1) is 41.9. The summed E-state index contributed by atoms with van der Waals surface area (Å²) in [4.78, 5) is 52.2. The first-order valence-electron chi connectivity index (χ1n) is 26.8. The third kappa shape index (κ3) is 141. The van der Waals surface area contributed by atoms with Crippen molar-refractivity contribution in [2.24, 2.45) is 22.1 Å². The minimum Gasteiger partial charge on any atom is -0.750 e. The molecule has 0 aliphatic rings. The molecule has 0 spiro atoms. The summed E-state index contributed by atoms with van der Waals surface area (Å²) in [6.07, 6.45) is 8.63. The number of carbonyl (C=O) groups excluding carboxylic acids is 5. The summed E-state index contributed by atoms with van der Waals surface area (Å²) in [7, 11) is 6.90. The fourth-order valence-electron chi connectivity index (χ4n) is 2.69. The molecule has 0 bridgehead atoms. The molecule has 0 aliphatic heterocycles. The second-order valence-corrected chi connectivity index (χ2v) is 26.0. The molecule has 37 heteroatoms. The number of ether oxygens (including phenoxy) is 11. The van der Waals surface area contributed by atoms with Crippen molar-refractivity contribution >= 4 is 192 Å². The maximum absolute atomic E-state index is 11.1. The van der Waals surface area contributed by atoms with Gasteiger partial charge in [0.25, 0.3) is 0 Å². The molecule has 0 rings (SSSR count). The fourth-order valence-corrected chi connectivity index (χ4v) is 7.23. The molecule has 4 unspecified atom stereocenters. The number of nitrogens with zero attached hydrogens (tertiary/aromatic N) is 7. The number of hydrogen-bond donors (Lipinski definition) is 0. The molecule has 23 nitrogen and oxygen atoms in total. The number of methoxy groups -OCH3 is 5. The van der Waals surface area contributed by atoms with Crippen molar-refractivity contribution in [3.8, 4) is 18.2 Å². The van der Waals surface area contributed by atoms with E-state index in [0.717, 1.165) is 6.61 Å². The first-order valence-corrected chi connectivity index (χ1v) is 36.1. The van der Waals surface area contributed by atoms with Gasteiger partial charge in [0.15, 0.2) is 11.1 Å². The van der Waals surface area contributed by atoms with Crippen molar-refractivity contribution in [1.82, 2.24) is 0 Å². The van der Waals surface area contributed by atoms with E-state index in [1.165, 1.54) is 82.6 Å². The summed E-state index contributed by atoms with van der Waals surface area (Å²) >= 11 is 36.5. The van der Waals surface area contributed by atoms with Gasteiger partial charge in [0, 0.05) is 128 Å². The number of nitriles is 3. The van der Waals surface area contributed by atoms with Crippen LogP contribution < -0.4 is 0 Å². The molecular weight excluding hydrogens is 1730 g/mol. The third-order valence-electron chi connectivity index (χ3n) is 7.09. The number of rotatable bonds is 20. The predicted molar refractivity (Wildman–Crippen MR) is 414 cm³/mol. The van der Waals surface area contributed by atoms with E-state index in [4.69, 9.17) is 99.5 Å². The quantitative estimate of drug-likeness (QED) is 0.0208. The van der Waals surface area contributed by atoms with Crippen LogP contribution in [0.4, 0.5) is 0 Å². The second-order valence-electron chi connectivity index (χ2n) is 16.0. The average molecular weight is 1840 g/mol. The molecule has 0 saturated heterocycles. The van der Waals surface area contributed by atoms with Crippen molar-refractivity contribution in [2.75, 3.05) is 100 Å². The van der Waals surface area contributed by atoms with Gasteiger partial charge in [-0.15, -0.1) is 23.5 Å². The Morgan fingerprint density at radius 2 is 0.811 bits per heavy atom. The van der Waals surface area contributed by atoms with Crippen LogP contribution in [0.1, 0.15) is 160 Å². The number of thioether (sulfide) groups is 6. The molecule has 2 radical (unpaired) electrons. The van der Waals surface area contributed by atoms with E-state index in [1.54, 1.807) is 85.8 Å². The van der Waals surface area contributed by atoms with E-state index in [0.29, 0.717) is 59.0 Å². The number of esters is 5. The zero-order valence-corrected chi connectivity index (χ0v) is 74.1. The first kappa shape index (κ1) is 138. The summed E-state index contributed by atoms with van der Waals surface area (Å²) in [6, 6.07) is 5.96. The monoisotopic (exact) mass is 1840 g/mol. The molecule has 0 aromatic rings. The van der Waals surface area contributed by atoms with Gasteiger partial charge in [0.1, 0.15) is 15.3 Å². The van der Waals surface area contributed by atoms with Gasteiger partial charge in [0.05, 0.1) is 86.1 Å². The van der Waals surface area contributed by atoms with E-state index < -0.39 is 11.1 Å². The molecular formula is C58H115N7O16Pm2S12-2. The van der Waals surface area contributed by atoms with Gasteiger partial charge in [-0.3, -0.25) is 24.0 Å². The van der Waals surface area contributed by atoms with Crippen LogP contribution in [-0.4, -0.2) is 179 Å². The number of carbonyl (C=O) groups is 5. The van der Waals surface area contributed by atoms with Crippen LogP contribution in [-0.2, 0) is 101 Å². The third-order valence-corrected chi connectivity index (χ3v) is 14.3. The van der Waals surface area contributed by atoms with Crippen LogP contribution in [0, 0.1) is 137 Å². The number of thiocarbonyl (C=S) groups is 4. The van der Waals surface area contributed by atoms with Crippen molar-refractivity contribution in [2.45, 2.75) is 191 Å². The maximum atomic E-state index is 11.1. The minimum absolute atomic E-state index is 0. The normalized spacial score (nSPS) is 9.95. The molecule has 0 aromatic heterocycles. The van der Waals surface area contributed by atoms with E-state index in [2.05, 4.69) is 63.5 Å². The molecule has 0 saturated carbocycles. The summed E-state index contributed by atoms with van der Waals surface area (Å²) < 4.78 is 53.5. The minimum atomic E-state index is -0.839. The zero-order chi connectivity index (χ0) is 73.9. The molecule has 562 valence electrons. The zero-order valence-electron chi connectivity index (χ0n) is 58.6. The maximum Gasteiger partial charge on any atom is 0.319 e. The molecule has 0 heterocycles. The molecule has 0 aromatic carbocycles. The topological polar surface area (TPSA) is 331 Å². The molecule has 4 atom stereocenters. The molecule has 0 aliphatic carbocycles. The van der Waals surface area contributed by atoms with Crippen LogP contribution in [0.15, 0.2) is 10.2 Å². The van der Waals surface area contributed by atoms with Gasteiger partial charge in [-0.2, -0.15) is 37.8 Å². The van der Waals surface area contributed by atoms with Gasteiger partial charge in [-0.1, -0.05) is 85.3 Å². The number of azo groups is 1. The van der Waals surface area contributed by atoms with E-state index in [-0.39, 0.29) is 169 Å². The summed E-state index contributed by atoms with van der Waals surface area (Å²) in [6.45, 7) is 36.2. The van der Waals surface area contributed by atoms with Gasteiger partial charge in [0.2, 0.25) is 13.1 Å². The second kappa shape index (κ2) is 107. The van der Waals surface area contributed by atoms with Crippen LogP contribution in [0.2, 0.25) is 0 Å². The van der Waals surface area contributed by atoms with Crippen molar-refractivity contribution in [1.29, 1.82) is 26.6 Å². The summed E-state index contributed by atoms with van der Waals surface area (Å²) in [5, 5.41) is 44.1. The fraction of sp³-hybridized carbons (Fsp3) is 0.793. The standard InChI is InChI=1S/C8H12N4.C8H16O3S2.C7H12O3S2.C5H10O2.C4H7N.2C4H8O2.C4H10OS2.2C4H8OS2.C3H6OS2.3CH4.N2.2Pm/c1-7(2,5-9)11-12-8(3,4)6-10;1-5-11-8(12-4)13-6(2)7(9)10-3;1-4-10-7(11)12-5(2)6(8)9-3;1-4(2)5(6)7-3;1-4(2)3-5;2*1-3-4(5)6-2;3*1-3-5-4(6)7-2;1-2-4-3(5)6;;;;1-2;;/h1-4H3;6,8H,5H2,1-4H3;5H,4H2,1-3H3;4H,1-3H3;4H,1-2H3;2*3H2,1-2H3;4,6H,3H2,1-2H3;2*3H2,1-2H3;2H2,1H3,(H,5,6);3*1H4;;;/p-2. The van der Waals surface area contributed by atoms with Crippen LogP contribution >= 0.6 is 119 Å². The van der Waals surface area contributed by atoms with Crippen molar-refractivity contribution < 1.29 is 157 Å². The number of hydrogen-bond acceptors (Lipinski definition) is 35. The summed E-state index contributed by atoms with van der Waals surface area (Å²) in [5.41, 5.74) is -1.68. The molecule has 0 N–H and O–H groups in total.